The molecular weight excluding hydrogens is 387 g/mol. The van der Waals surface area contributed by atoms with Gasteiger partial charge in [-0.15, -0.1) is 0 Å². The summed E-state index contributed by atoms with van der Waals surface area (Å²) in [5, 5.41) is 6.76. The number of benzene rings is 2. The summed E-state index contributed by atoms with van der Waals surface area (Å²) in [5.41, 5.74) is 0.914. The lowest BCUT2D eigenvalue weighted by atomic mass is 10.0. The van der Waals surface area contributed by atoms with Crippen molar-refractivity contribution in [2.24, 2.45) is 4.99 Å². The van der Waals surface area contributed by atoms with E-state index in [0.29, 0.717) is 12.3 Å². The molecule has 29 heavy (non-hydrogen) atoms. The second kappa shape index (κ2) is 11.0. The van der Waals surface area contributed by atoms with Crippen molar-refractivity contribution in [3.63, 3.8) is 0 Å². The van der Waals surface area contributed by atoms with Gasteiger partial charge in [-0.05, 0) is 50.1 Å². The monoisotopic (exact) mass is 416 g/mol. The number of nitrogens with one attached hydrogen (secondary N) is 2. The molecule has 2 N–H and O–H groups in total. The molecule has 2 aromatic carbocycles. The van der Waals surface area contributed by atoms with E-state index >= 15 is 0 Å². The molecule has 0 spiro atoms. The number of piperidine rings is 1. The summed E-state index contributed by atoms with van der Waals surface area (Å²) in [7, 11) is -1.05. The third-order valence-corrected chi connectivity index (χ3v) is 6.18. The molecule has 2 aromatic rings. The normalized spacial score (nSPS) is 18.3. The summed E-state index contributed by atoms with van der Waals surface area (Å²) >= 11 is 0. The van der Waals surface area contributed by atoms with E-state index in [-0.39, 0.29) is 11.9 Å². The summed E-state index contributed by atoms with van der Waals surface area (Å²) in [6.45, 7) is 4.99. The van der Waals surface area contributed by atoms with Crippen LogP contribution in [0.4, 0.5) is 10.1 Å². The van der Waals surface area contributed by atoms with Gasteiger partial charge >= 0.3 is 0 Å². The topological polar surface area (TPSA) is 56.7 Å². The molecule has 1 saturated heterocycles. The minimum absolute atomic E-state index is 0.209. The summed E-state index contributed by atoms with van der Waals surface area (Å²) in [4.78, 5) is 7.65. The van der Waals surface area contributed by atoms with Crippen LogP contribution in [0.2, 0.25) is 0 Å². The van der Waals surface area contributed by atoms with Crippen molar-refractivity contribution in [3.8, 4) is 0 Å². The van der Waals surface area contributed by atoms with Gasteiger partial charge in [0.25, 0.3) is 0 Å². The third kappa shape index (κ3) is 6.56. The maximum absolute atomic E-state index is 13.6. The van der Waals surface area contributed by atoms with Crippen molar-refractivity contribution in [2.45, 2.75) is 30.7 Å². The number of aliphatic imine (C=N–C) groups is 1. The molecule has 3 rings (SSSR count). The standard InChI is InChI=1S/C22H29FN4OS/c1-2-24-22(25-13-15-29(28)21-11-4-3-5-12-21)26-19-9-7-14-27(17-19)20-10-6-8-18(23)16-20/h3-6,8,10-12,16,19H,2,7,9,13-15,17H2,1H3,(H2,24,25,26). The number of hydrogen-bond acceptors (Lipinski definition) is 3. The third-order valence-electron chi connectivity index (χ3n) is 4.83. The molecule has 5 nitrogen and oxygen atoms in total. The van der Waals surface area contributed by atoms with Crippen LogP contribution in [-0.4, -0.2) is 48.1 Å². The molecule has 156 valence electrons. The minimum Gasteiger partial charge on any atom is -0.369 e. The number of hydrogen-bond donors (Lipinski definition) is 2. The van der Waals surface area contributed by atoms with E-state index in [2.05, 4.69) is 20.5 Å². The fourth-order valence-corrected chi connectivity index (χ4v) is 4.40. The Labute approximate surface area is 174 Å². The van der Waals surface area contributed by atoms with Crippen LogP contribution in [0.3, 0.4) is 0 Å². The molecular formula is C22H29FN4OS. The molecule has 0 aliphatic carbocycles. The van der Waals surface area contributed by atoms with Crippen LogP contribution in [0, 0.1) is 5.82 Å². The first-order valence-electron chi connectivity index (χ1n) is 10.1. The summed E-state index contributed by atoms with van der Waals surface area (Å²) in [6.07, 6.45) is 2.07. The smallest absolute Gasteiger partial charge is 0.191 e. The highest BCUT2D eigenvalue weighted by Gasteiger charge is 2.21. The van der Waals surface area contributed by atoms with Gasteiger partial charge in [0, 0.05) is 42.0 Å². The van der Waals surface area contributed by atoms with E-state index in [4.69, 9.17) is 0 Å². The molecule has 0 bridgehead atoms. The second-order valence-corrected chi connectivity index (χ2v) is 8.60. The lowest BCUT2D eigenvalue weighted by Crippen LogP contribution is -2.51. The summed E-state index contributed by atoms with van der Waals surface area (Å²) in [6, 6.07) is 16.5. The van der Waals surface area contributed by atoms with Gasteiger partial charge in [0.05, 0.1) is 17.3 Å². The van der Waals surface area contributed by atoms with Crippen LogP contribution < -0.4 is 15.5 Å². The predicted octanol–water partition coefficient (Wildman–Crippen LogP) is 3.16. The van der Waals surface area contributed by atoms with Crippen LogP contribution in [0.25, 0.3) is 0 Å². The van der Waals surface area contributed by atoms with E-state index in [0.717, 1.165) is 49.0 Å². The highest BCUT2D eigenvalue weighted by atomic mass is 32.2. The fraction of sp³-hybridized carbons (Fsp3) is 0.409. The molecule has 0 amide bonds. The van der Waals surface area contributed by atoms with Crippen LogP contribution in [0.5, 0.6) is 0 Å². The summed E-state index contributed by atoms with van der Waals surface area (Å²) < 4.78 is 25.9. The van der Waals surface area contributed by atoms with Crippen molar-refractivity contribution in [1.29, 1.82) is 0 Å². The Balaban J connectivity index is 1.56. The molecule has 1 aliphatic rings. The number of nitrogens with zero attached hydrogens (tertiary/aromatic N) is 2. The summed E-state index contributed by atoms with van der Waals surface area (Å²) in [5.74, 6) is 1.02. The molecule has 1 aliphatic heterocycles. The Hall–Kier alpha value is -2.41. The van der Waals surface area contributed by atoms with E-state index in [1.165, 1.54) is 6.07 Å². The Morgan fingerprint density at radius 3 is 2.83 bits per heavy atom. The van der Waals surface area contributed by atoms with Crippen LogP contribution in [0.1, 0.15) is 19.8 Å². The van der Waals surface area contributed by atoms with Crippen molar-refractivity contribution < 1.29 is 8.60 Å². The first-order valence-corrected chi connectivity index (χ1v) is 11.5. The molecule has 2 unspecified atom stereocenters. The van der Waals surface area contributed by atoms with E-state index in [9.17, 15) is 8.60 Å². The van der Waals surface area contributed by atoms with Crippen LogP contribution in [-0.2, 0) is 10.8 Å². The zero-order valence-electron chi connectivity index (χ0n) is 16.8. The van der Waals surface area contributed by atoms with Crippen molar-refractivity contribution in [2.75, 3.05) is 36.8 Å². The van der Waals surface area contributed by atoms with Gasteiger partial charge < -0.3 is 15.5 Å². The Morgan fingerprint density at radius 1 is 1.24 bits per heavy atom. The number of rotatable bonds is 7. The average Bonchev–Trinajstić information content (AvgIpc) is 2.74. The zero-order chi connectivity index (χ0) is 20.5. The first-order chi connectivity index (χ1) is 14.2. The average molecular weight is 417 g/mol. The van der Waals surface area contributed by atoms with Gasteiger partial charge in [-0.2, -0.15) is 0 Å². The molecule has 1 fully saturated rings. The SMILES string of the molecule is CCNC(=NCCS(=O)c1ccccc1)NC1CCCN(c2cccc(F)c2)C1. The molecule has 1 heterocycles. The lowest BCUT2D eigenvalue weighted by Gasteiger charge is -2.35. The molecule has 0 radical (unpaired) electrons. The molecule has 2 atom stereocenters. The van der Waals surface area contributed by atoms with Crippen molar-refractivity contribution in [3.05, 3.63) is 60.4 Å². The van der Waals surface area contributed by atoms with Gasteiger partial charge in [0.1, 0.15) is 5.82 Å². The highest BCUT2D eigenvalue weighted by Crippen LogP contribution is 2.20. The van der Waals surface area contributed by atoms with Crippen molar-refractivity contribution in [1.82, 2.24) is 10.6 Å². The Bertz CT molecular complexity index is 831. The zero-order valence-corrected chi connectivity index (χ0v) is 17.6. The predicted molar refractivity (Wildman–Crippen MR) is 118 cm³/mol. The van der Waals surface area contributed by atoms with E-state index in [1.54, 1.807) is 12.1 Å². The quantitative estimate of drug-likeness (QED) is 0.538. The van der Waals surface area contributed by atoms with Gasteiger partial charge in [0.2, 0.25) is 0 Å². The largest absolute Gasteiger partial charge is 0.369 e. The number of halogens is 1. The van der Waals surface area contributed by atoms with Gasteiger partial charge in [-0.1, -0.05) is 24.3 Å². The molecule has 7 heteroatoms. The van der Waals surface area contributed by atoms with Crippen LogP contribution >= 0.6 is 0 Å². The lowest BCUT2D eigenvalue weighted by molar-refractivity contribution is 0.467. The maximum Gasteiger partial charge on any atom is 0.191 e. The number of guanidine groups is 1. The van der Waals surface area contributed by atoms with Crippen molar-refractivity contribution >= 4 is 22.4 Å². The minimum atomic E-state index is -1.05. The Morgan fingerprint density at radius 2 is 2.07 bits per heavy atom. The van der Waals surface area contributed by atoms with Gasteiger partial charge in [-0.3, -0.25) is 9.20 Å². The maximum atomic E-state index is 13.6. The van der Waals surface area contributed by atoms with E-state index in [1.807, 2.05) is 43.3 Å². The second-order valence-electron chi connectivity index (χ2n) is 7.03. The van der Waals surface area contributed by atoms with Gasteiger partial charge in [-0.25, -0.2) is 4.39 Å². The van der Waals surface area contributed by atoms with Crippen LogP contribution in [0.15, 0.2) is 64.5 Å². The fourth-order valence-electron chi connectivity index (χ4n) is 3.45. The Kier molecular flexibility index (Phi) is 8.04. The first kappa shape index (κ1) is 21.3. The van der Waals surface area contributed by atoms with E-state index < -0.39 is 10.8 Å². The highest BCUT2D eigenvalue weighted by molar-refractivity contribution is 7.85. The number of anilines is 1. The molecule has 0 aromatic heterocycles. The van der Waals surface area contributed by atoms with Gasteiger partial charge in [0.15, 0.2) is 5.96 Å². The molecule has 0 saturated carbocycles.